The lowest BCUT2D eigenvalue weighted by atomic mass is 10.2. The number of benzene rings is 1. The molecule has 4 heteroatoms. The number of nitrogens with zero attached hydrogens (tertiary/aromatic N) is 1. The molecular weight excluding hydrogens is 244 g/mol. The van der Waals surface area contributed by atoms with Gasteiger partial charge in [-0.3, -0.25) is 0 Å². The van der Waals surface area contributed by atoms with Gasteiger partial charge in [0.15, 0.2) is 0 Å². The highest BCUT2D eigenvalue weighted by molar-refractivity contribution is 9.10. The topological polar surface area (TPSA) is 59.0 Å². The molecule has 1 unspecified atom stereocenters. The molecule has 0 aromatic heterocycles. The minimum Gasteiger partial charge on any atom is -0.491 e. The molecule has 0 saturated carbocycles. The highest BCUT2D eigenvalue weighted by Gasteiger charge is 2.04. The first-order chi connectivity index (χ1) is 6.63. The van der Waals surface area contributed by atoms with E-state index in [2.05, 4.69) is 22.0 Å². The van der Waals surface area contributed by atoms with Crippen molar-refractivity contribution >= 4 is 15.9 Å². The van der Waals surface area contributed by atoms with Crippen molar-refractivity contribution < 1.29 is 4.74 Å². The molecule has 1 aromatic carbocycles. The average Bonchev–Trinajstić information content (AvgIpc) is 2.15. The lowest BCUT2D eigenvalue weighted by molar-refractivity contribution is 0.295. The number of halogens is 1. The van der Waals surface area contributed by atoms with E-state index in [1.165, 1.54) is 0 Å². The fourth-order valence-corrected chi connectivity index (χ4v) is 1.30. The van der Waals surface area contributed by atoms with Gasteiger partial charge in [-0.05, 0) is 25.1 Å². The summed E-state index contributed by atoms with van der Waals surface area (Å²) in [5.74, 6) is 0.577. The van der Waals surface area contributed by atoms with Gasteiger partial charge in [-0.2, -0.15) is 5.26 Å². The summed E-state index contributed by atoms with van der Waals surface area (Å²) in [6.07, 6.45) is 0. The van der Waals surface area contributed by atoms with Gasteiger partial charge in [-0.25, -0.2) is 0 Å². The van der Waals surface area contributed by atoms with Crippen LogP contribution in [0, 0.1) is 11.3 Å². The number of nitrogens with two attached hydrogens (primary N) is 1. The minimum atomic E-state index is -0.0369. The summed E-state index contributed by atoms with van der Waals surface area (Å²) in [7, 11) is 0. The van der Waals surface area contributed by atoms with Crippen molar-refractivity contribution in [3.05, 3.63) is 28.2 Å². The summed E-state index contributed by atoms with van der Waals surface area (Å²) in [6.45, 7) is 2.27. The van der Waals surface area contributed by atoms with Crippen LogP contribution in [-0.4, -0.2) is 12.6 Å². The zero-order valence-corrected chi connectivity index (χ0v) is 9.41. The van der Waals surface area contributed by atoms with E-state index in [1.807, 2.05) is 13.0 Å². The number of hydrogen-bond donors (Lipinski definition) is 1. The first-order valence-corrected chi connectivity index (χ1v) is 5.01. The summed E-state index contributed by atoms with van der Waals surface area (Å²) in [5.41, 5.74) is 6.06. The molecule has 0 spiro atoms. The monoisotopic (exact) mass is 254 g/mol. The van der Waals surface area contributed by atoms with Crippen LogP contribution in [0.3, 0.4) is 0 Å². The predicted octanol–water partition coefficient (Wildman–Crippen LogP) is 2.05. The van der Waals surface area contributed by atoms with Gasteiger partial charge in [0, 0.05) is 10.5 Å². The summed E-state index contributed by atoms with van der Waals surface area (Å²) in [5, 5.41) is 8.83. The first-order valence-electron chi connectivity index (χ1n) is 4.21. The average molecular weight is 255 g/mol. The second kappa shape index (κ2) is 4.99. The molecule has 2 N–H and O–H groups in total. The fourth-order valence-electron chi connectivity index (χ4n) is 0.937. The molecule has 0 saturated heterocycles. The molecule has 14 heavy (non-hydrogen) atoms. The van der Waals surface area contributed by atoms with E-state index in [0.29, 0.717) is 17.9 Å². The molecule has 0 fully saturated rings. The number of hydrogen-bond acceptors (Lipinski definition) is 3. The Morgan fingerprint density at radius 1 is 1.64 bits per heavy atom. The molecule has 1 atom stereocenters. The Morgan fingerprint density at radius 3 is 2.93 bits per heavy atom. The van der Waals surface area contributed by atoms with Crippen LogP contribution in [0.4, 0.5) is 0 Å². The van der Waals surface area contributed by atoms with Crippen molar-refractivity contribution in [1.82, 2.24) is 0 Å². The van der Waals surface area contributed by atoms with E-state index in [9.17, 15) is 0 Å². The highest BCUT2D eigenvalue weighted by Crippen LogP contribution is 2.22. The van der Waals surface area contributed by atoms with E-state index >= 15 is 0 Å². The van der Waals surface area contributed by atoms with Gasteiger partial charge in [0.05, 0.1) is 5.56 Å². The summed E-state index contributed by atoms with van der Waals surface area (Å²) in [6, 6.07) is 7.33. The van der Waals surface area contributed by atoms with Gasteiger partial charge in [0.1, 0.15) is 18.4 Å². The van der Waals surface area contributed by atoms with E-state index in [4.69, 9.17) is 15.7 Å². The normalized spacial score (nSPS) is 11.9. The third-order valence-corrected chi connectivity index (χ3v) is 2.06. The van der Waals surface area contributed by atoms with Gasteiger partial charge in [0.2, 0.25) is 0 Å². The molecular formula is C10H11BrN2O. The third kappa shape index (κ3) is 3.02. The van der Waals surface area contributed by atoms with Crippen molar-refractivity contribution in [2.24, 2.45) is 5.73 Å². The molecule has 1 aromatic rings. The number of ether oxygens (including phenoxy) is 1. The highest BCUT2D eigenvalue weighted by atomic mass is 79.9. The second-order valence-electron chi connectivity index (χ2n) is 3.04. The van der Waals surface area contributed by atoms with Crippen LogP contribution in [0.15, 0.2) is 22.7 Å². The van der Waals surface area contributed by atoms with Gasteiger partial charge in [-0.15, -0.1) is 0 Å². The Balaban J connectivity index is 2.82. The molecule has 0 aliphatic heterocycles. The van der Waals surface area contributed by atoms with Crippen LogP contribution in [0.2, 0.25) is 0 Å². The van der Waals surface area contributed by atoms with Crippen molar-refractivity contribution in [2.45, 2.75) is 13.0 Å². The van der Waals surface area contributed by atoms with Gasteiger partial charge in [-0.1, -0.05) is 15.9 Å². The maximum absolute atomic E-state index is 8.83. The Kier molecular flexibility index (Phi) is 3.93. The van der Waals surface area contributed by atoms with E-state index in [1.54, 1.807) is 12.1 Å². The van der Waals surface area contributed by atoms with E-state index < -0.39 is 0 Å². The number of nitriles is 1. The van der Waals surface area contributed by atoms with Gasteiger partial charge >= 0.3 is 0 Å². The molecule has 0 bridgehead atoms. The molecule has 1 rings (SSSR count). The maximum atomic E-state index is 8.83. The van der Waals surface area contributed by atoms with Gasteiger partial charge < -0.3 is 10.5 Å². The SMILES string of the molecule is CC(N)COc1ccc(Br)cc1C#N. The first kappa shape index (κ1) is 11.0. The van der Waals surface area contributed by atoms with Crippen molar-refractivity contribution in [3.63, 3.8) is 0 Å². The van der Waals surface area contributed by atoms with Crippen LogP contribution in [0.25, 0.3) is 0 Å². The Morgan fingerprint density at radius 2 is 2.36 bits per heavy atom. The summed E-state index contributed by atoms with van der Waals surface area (Å²) in [4.78, 5) is 0. The molecule has 3 nitrogen and oxygen atoms in total. The molecule has 0 aliphatic carbocycles. The second-order valence-corrected chi connectivity index (χ2v) is 3.96. The Bertz CT molecular complexity index is 358. The van der Waals surface area contributed by atoms with E-state index in [0.717, 1.165) is 4.47 Å². The summed E-state index contributed by atoms with van der Waals surface area (Å²) >= 11 is 3.29. The molecule has 0 aliphatic rings. The zero-order chi connectivity index (χ0) is 10.6. The van der Waals surface area contributed by atoms with Crippen molar-refractivity contribution in [3.8, 4) is 11.8 Å². The predicted molar refractivity (Wildman–Crippen MR) is 58.0 cm³/mol. The lowest BCUT2D eigenvalue weighted by Crippen LogP contribution is -2.23. The van der Waals surface area contributed by atoms with Crippen LogP contribution in [0.5, 0.6) is 5.75 Å². The minimum absolute atomic E-state index is 0.0369. The van der Waals surface area contributed by atoms with Crippen LogP contribution in [-0.2, 0) is 0 Å². The third-order valence-electron chi connectivity index (χ3n) is 1.56. The quantitative estimate of drug-likeness (QED) is 0.899. The van der Waals surface area contributed by atoms with Crippen molar-refractivity contribution in [2.75, 3.05) is 6.61 Å². The van der Waals surface area contributed by atoms with E-state index in [-0.39, 0.29) is 6.04 Å². The fraction of sp³-hybridized carbons (Fsp3) is 0.300. The Hall–Kier alpha value is -1.05. The lowest BCUT2D eigenvalue weighted by Gasteiger charge is -2.09. The van der Waals surface area contributed by atoms with Crippen molar-refractivity contribution in [1.29, 1.82) is 5.26 Å². The van der Waals surface area contributed by atoms with Gasteiger partial charge in [0.25, 0.3) is 0 Å². The van der Waals surface area contributed by atoms with Crippen LogP contribution >= 0.6 is 15.9 Å². The smallest absolute Gasteiger partial charge is 0.137 e. The zero-order valence-electron chi connectivity index (χ0n) is 7.83. The number of rotatable bonds is 3. The standard InChI is InChI=1S/C10H11BrN2O/c1-7(13)6-14-10-3-2-9(11)4-8(10)5-12/h2-4,7H,6,13H2,1H3. The molecule has 0 radical (unpaired) electrons. The maximum Gasteiger partial charge on any atom is 0.137 e. The molecule has 0 heterocycles. The Labute approximate surface area is 91.6 Å². The summed E-state index contributed by atoms with van der Waals surface area (Å²) < 4.78 is 6.24. The molecule has 0 amide bonds. The van der Waals surface area contributed by atoms with Crippen LogP contribution in [0.1, 0.15) is 12.5 Å². The molecule has 74 valence electrons. The largest absolute Gasteiger partial charge is 0.491 e. The van der Waals surface area contributed by atoms with Crippen LogP contribution < -0.4 is 10.5 Å².